The molecule has 1 aliphatic carbocycles. The van der Waals surface area contributed by atoms with Crippen molar-refractivity contribution in [2.45, 2.75) is 31.4 Å². The second-order valence-electron chi connectivity index (χ2n) is 4.65. The summed E-state index contributed by atoms with van der Waals surface area (Å²) < 4.78 is 2.19. The predicted molar refractivity (Wildman–Crippen MR) is 66.6 cm³/mol. The minimum atomic E-state index is -0.548. The van der Waals surface area contributed by atoms with Crippen LogP contribution in [0.3, 0.4) is 0 Å². The van der Waals surface area contributed by atoms with Gasteiger partial charge in [0, 0.05) is 6.04 Å². The molecule has 3 rings (SSSR count). The number of aliphatic hydroxyl groups is 1. The van der Waals surface area contributed by atoms with Crippen LogP contribution >= 0.6 is 0 Å². The van der Waals surface area contributed by atoms with Crippen LogP contribution in [0.1, 0.15) is 37.2 Å². The van der Waals surface area contributed by atoms with E-state index in [-0.39, 0.29) is 0 Å². The fourth-order valence-corrected chi connectivity index (χ4v) is 2.30. The normalized spacial score (nSPS) is 17.5. The van der Waals surface area contributed by atoms with Crippen molar-refractivity contribution < 1.29 is 5.11 Å². The lowest BCUT2D eigenvalue weighted by molar-refractivity contribution is 0.156. The third-order valence-corrected chi connectivity index (χ3v) is 3.27. The van der Waals surface area contributed by atoms with Crippen LogP contribution in [0.5, 0.6) is 0 Å². The molecule has 4 nitrogen and oxygen atoms in total. The number of para-hydroxylation sites is 2. The van der Waals surface area contributed by atoms with E-state index in [0.717, 1.165) is 16.9 Å². The first-order valence-corrected chi connectivity index (χ1v) is 6.16. The van der Waals surface area contributed by atoms with Gasteiger partial charge in [-0.2, -0.15) is 0 Å². The number of nitrogens with two attached hydrogens (primary N) is 1. The summed E-state index contributed by atoms with van der Waals surface area (Å²) in [5.74, 6) is 0.777. The average Bonchev–Trinajstić information content (AvgIpc) is 3.09. The summed E-state index contributed by atoms with van der Waals surface area (Å²) in [6, 6.07) is 8.57. The molecule has 1 saturated carbocycles. The number of rotatable bonds is 4. The Bertz CT molecular complexity index is 530. The van der Waals surface area contributed by atoms with Gasteiger partial charge in [-0.15, -0.1) is 0 Å². The van der Waals surface area contributed by atoms with Gasteiger partial charge in [0.1, 0.15) is 11.9 Å². The number of aliphatic hydroxyl groups excluding tert-OH is 1. The van der Waals surface area contributed by atoms with Crippen molar-refractivity contribution in [3.05, 3.63) is 30.1 Å². The Hall–Kier alpha value is -1.39. The second-order valence-corrected chi connectivity index (χ2v) is 4.65. The highest BCUT2D eigenvalue weighted by molar-refractivity contribution is 5.76. The summed E-state index contributed by atoms with van der Waals surface area (Å²) in [6.45, 7) is 0.481. The Morgan fingerprint density at radius 2 is 2.18 bits per heavy atom. The molecule has 0 spiro atoms. The summed E-state index contributed by atoms with van der Waals surface area (Å²) in [7, 11) is 0. The van der Waals surface area contributed by atoms with E-state index in [0.29, 0.717) is 19.0 Å². The largest absolute Gasteiger partial charge is 0.385 e. The Morgan fingerprint density at radius 1 is 1.41 bits per heavy atom. The number of hydrogen-bond donors (Lipinski definition) is 2. The van der Waals surface area contributed by atoms with Gasteiger partial charge in [-0.1, -0.05) is 12.1 Å². The van der Waals surface area contributed by atoms with E-state index in [4.69, 9.17) is 5.73 Å². The Kier molecular flexibility index (Phi) is 2.61. The third-order valence-electron chi connectivity index (χ3n) is 3.27. The van der Waals surface area contributed by atoms with E-state index in [1.54, 1.807) is 0 Å². The molecular weight excluding hydrogens is 214 g/mol. The van der Waals surface area contributed by atoms with Crippen LogP contribution in [0.25, 0.3) is 11.0 Å². The first-order valence-electron chi connectivity index (χ1n) is 6.16. The zero-order chi connectivity index (χ0) is 11.8. The average molecular weight is 231 g/mol. The summed E-state index contributed by atoms with van der Waals surface area (Å²) >= 11 is 0. The molecule has 2 aromatic rings. The summed E-state index contributed by atoms with van der Waals surface area (Å²) in [4.78, 5) is 4.55. The number of aromatic nitrogens is 2. The number of nitrogens with zero attached hydrogens (tertiary/aromatic N) is 2. The molecule has 3 N–H and O–H groups in total. The van der Waals surface area contributed by atoms with Crippen molar-refractivity contribution in [3.8, 4) is 0 Å². The zero-order valence-corrected chi connectivity index (χ0v) is 9.71. The number of imidazole rings is 1. The molecule has 0 saturated heterocycles. The van der Waals surface area contributed by atoms with Crippen molar-refractivity contribution >= 4 is 11.0 Å². The van der Waals surface area contributed by atoms with Gasteiger partial charge in [0.05, 0.1) is 11.0 Å². The number of benzene rings is 1. The molecule has 1 fully saturated rings. The van der Waals surface area contributed by atoms with Gasteiger partial charge in [-0.05, 0) is 37.9 Å². The lowest BCUT2D eigenvalue weighted by Gasteiger charge is -2.12. The Morgan fingerprint density at radius 3 is 2.88 bits per heavy atom. The molecule has 17 heavy (non-hydrogen) atoms. The molecule has 0 bridgehead atoms. The quantitative estimate of drug-likeness (QED) is 0.842. The van der Waals surface area contributed by atoms with E-state index in [1.807, 2.05) is 18.2 Å². The van der Waals surface area contributed by atoms with E-state index in [2.05, 4.69) is 15.6 Å². The van der Waals surface area contributed by atoms with Gasteiger partial charge in [0.15, 0.2) is 0 Å². The molecule has 4 heteroatoms. The molecule has 0 aliphatic heterocycles. The number of hydrogen-bond acceptors (Lipinski definition) is 3. The maximum Gasteiger partial charge on any atom is 0.139 e. The maximum absolute atomic E-state index is 10.1. The highest BCUT2D eigenvalue weighted by atomic mass is 16.3. The highest BCUT2D eigenvalue weighted by Gasteiger charge is 2.30. The van der Waals surface area contributed by atoms with Crippen LogP contribution in [-0.2, 0) is 0 Å². The molecule has 1 heterocycles. The molecule has 1 aromatic carbocycles. The lowest BCUT2D eigenvalue weighted by Crippen LogP contribution is -2.12. The Labute approximate surface area is 100 Å². The SMILES string of the molecule is NCCC(O)c1nc2ccccc2n1C1CC1. The van der Waals surface area contributed by atoms with Crippen LogP contribution < -0.4 is 5.73 Å². The van der Waals surface area contributed by atoms with E-state index in [1.165, 1.54) is 12.8 Å². The monoisotopic (exact) mass is 231 g/mol. The van der Waals surface area contributed by atoms with Crippen molar-refractivity contribution in [2.24, 2.45) is 5.73 Å². The fourth-order valence-electron chi connectivity index (χ4n) is 2.30. The first kappa shape index (κ1) is 10.7. The van der Waals surface area contributed by atoms with Gasteiger partial charge in [0.2, 0.25) is 0 Å². The minimum Gasteiger partial charge on any atom is -0.385 e. The maximum atomic E-state index is 10.1. The standard InChI is InChI=1S/C13H17N3O/c14-8-7-12(17)13-15-10-3-1-2-4-11(10)16(13)9-5-6-9/h1-4,9,12,17H,5-8,14H2. The molecular formula is C13H17N3O. The van der Waals surface area contributed by atoms with Gasteiger partial charge in [-0.25, -0.2) is 4.98 Å². The summed E-state index contributed by atoms with van der Waals surface area (Å²) in [5, 5.41) is 10.1. The summed E-state index contributed by atoms with van der Waals surface area (Å²) in [5.41, 5.74) is 7.60. The number of fused-ring (bicyclic) bond motifs is 1. The molecule has 0 amide bonds. The van der Waals surface area contributed by atoms with E-state index in [9.17, 15) is 5.11 Å². The van der Waals surface area contributed by atoms with Crippen molar-refractivity contribution in [2.75, 3.05) is 6.54 Å². The lowest BCUT2D eigenvalue weighted by atomic mass is 10.2. The smallest absolute Gasteiger partial charge is 0.139 e. The van der Waals surface area contributed by atoms with Crippen molar-refractivity contribution in [1.82, 2.24) is 9.55 Å². The molecule has 0 radical (unpaired) electrons. The molecule has 1 aliphatic rings. The van der Waals surface area contributed by atoms with Crippen LogP contribution in [0.4, 0.5) is 0 Å². The van der Waals surface area contributed by atoms with Crippen molar-refractivity contribution in [3.63, 3.8) is 0 Å². The topological polar surface area (TPSA) is 64.1 Å². The first-order chi connectivity index (χ1) is 8.31. The Balaban J connectivity index is 2.12. The van der Waals surface area contributed by atoms with Gasteiger partial charge >= 0.3 is 0 Å². The third kappa shape index (κ3) is 1.83. The predicted octanol–water partition coefficient (Wildman–Crippen LogP) is 1.75. The minimum absolute atomic E-state index is 0.481. The fraction of sp³-hybridized carbons (Fsp3) is 0.462. The van der Waals surface area contributed by atoms with Crippen LogP contribution in [-0.4, -0.2) is 21.2 Å². The van der Waals surface area contributed by atoms with Crippen molar-refractivity contribution in [1.29, 1.82) is 0 Å². The van der Waals surface area contributed by atoms with Crippen LogP contribution in [0, 0.1) is 0 Å². The molecule has 1 unspecified atom stereocenters. The van der Waals surface area contributed by atoms with Crippen LogP contribution in [0.15, 0.2) is 24.3 Å². The van der Waals surface area contributed by atoms with E-state index >= 15 is 0 Å². The van der Waals surface area contributed by atoms with Gasteiger partial charge < -0.3 is 15.4 Å². The second kappa shape index (κ2) is 4.13. The molecule has 90 valence electrons. The van der Waals surface area contributed by atoms with E-state index < -0.39 is 6.10 Å². The zero-order valence-electron chi connectivity index (χ0n) is 9.71. The molecule has 1 aromatic heterocycles. The molecule has 1 atom stereocenters. The van der Waals surface area contributed by atoms with Gasteiger partial charge in [0.25, 0.3) is 0 Å². The summed E-state index contributed by atoms with van der Waals surface area (Å²) in [6.07, 6.45) is 2.38. The van der Waals surface area contributed by atoms with Crippen LogP contribution in [0.2, 0.25) is 0 Å². The van der Waals surface area contributed by atoms with Gasteiger partial charge in [-0.3, -0.25) is 0 Å². The highest BCUT2D eigenvalue weighted by Crippen LogP contribution is 2.40.